The van der Waals surface area contributed by atoms with E-state index in [0.717, 1.165) is 56.6 Å². The number of aliphatic hydroxyl groups excluding tert-OH is 1. The second kappa shape index (κ2) is 8.48. The number of aliphatic hydroxyl groups is 1. The molecule has 27 heavy (non-hydrogen) atoms. The molecule has 1 amide bonds. The van der Waals surface area contributed by atoms with Gasteiger partial charge in [0.05, 0.1) is 20.8 Å². The Bertz CT molecular complexity index is 678. The van der Waals surface area contributed by atoms with Crippen LogP contribution in [0.3, 0.4) is 0 Å². The molecule has 6 nitrogen and oxygen atoms in total. The van der Waals surface area contributed by atoms with Crippen molar-refractivity contribution in [3.8, 4) is 11.5 Å². The van der Waals surface area contributed by atoms with Crippen molar-refractivity contribution in [2.24, 2.45) is 5.41 Å². The third-order valence-electron chi connectivity index (χ3n) is 6.06. The number of fused-ring (bicyclic) bond motifs is 1. The quantitative estimate of drug-likeness (QED) is 0.789. The lowest BCUT2D eigenvalue weighted by Crippen LogP contribution is -2.43. The van der Waals surface area contributed by atoms with Crippen molar-refractivity contribution in [1.29, 1.82) is 0 Å². The molecule has 2 heterocycles. The van der Waals surface area contributed by atoms with Gasteiger partial charge < -0.3 is 19.5 Å². The van der Waals surface area contributed by atoms with Gasteiger partial charge in [-0.05, 0) is 49.1 Å². The Hall–Kier alpha value is -1.79. The van der Waals surface area contributed by atoms with Gasteiger partial charge in [0, 0.05) is 31.7 Å². The van der Waals surface area contributed by atoms with Crippen molar-refractivity contribution in [2.45, 2.75) is 39.2 Å². The number of carbonyl (C=O) groups excluding carboxylic acids is 1. The SMILES string of the molecule is CCCC1(CO)CCN(CC(=O)N2CCc3cc(OC)c(OC)cc3C2)C1. The molecule has 1 atom stereocenters. The van der Waals surface area contributed by atoms with Gasteiger partial charge in [-0.2, -0.15) is 0 Å². The average Bonchev–Trinajstić information content (AvgIpc) is 3.09. The van der Waals surface area contributed by atoms with Crippen molar-refractivity contribution in [3.05, 3.63) is 23.3 Å². The zero-order chi connectivity index (χ0) is 19.4. The number of ether oxygens (including phenoxy) is 2. The first-order chi connectivity index (χ1) is 13.0. The summed E-state index contributed by atoms with van der Waals surface area (Å²) in [6.45, 7) is 5.86. The topological polar surface area (TPSA) is 62.2 Å². The summed E-state index contributed by atoms with van der Waals surface area (Å²) in [5, 5.41) is 9.81. The largest absolute Gasteiger partial charge is 0.493 e. The molecule has 1 N–H and O–H groups in total. The highest BCUT2D eigenvalue weighted by Gasteiger charge is 2.37. The molecule has 0 saturated carbocycles. The van der Waals surface area contributed by atoms with Gasteiger partial charge >= 0.3 is 0 Å². The van der Waals surface area contributed by atoms with E-state index < -0.39 is 0 Å². The van der Waals surface area contributed by atoms with Crippen LogP contribution in [0.2, 0.25) is 0 Å². The van der Waals surface area contributed by atoms with Gasteiger partial charge in [0.2, 0.25) is 5.91 Å². The molecular formula is C21H32N2O4. The summed E-state index contributed by atoms with van der Waals surface area (Å²) in [6, 6.07) is 4.01. The standard InChI is InChI=1S/C21H32N2O4/c1-4-6-21(15-24)7-9-22(14-21)13-20(25)23-8-5-16-10-18(26-2)19(27-3)11-17(16)12-23/h10-11,24H,4-9,12-15H2,1-3H3. The normalized spacial score (nSPS) is 22.6. The van der Waals surface area contributed by atoms with Gasteiger partial charge in [0.1, 0.15) is 0 Å². The number of likely N-dealkylation sites (tertiary alicyclic amines) is 1. The van der Waals surface area contributed by atoms with Crippen LogP contribution in [0.25, 0.3) is 0 Å². The fraction of sp³-hybridized carbons (Fsp3) is 0.667. The van der Waals surface area contributed by atoms with Gasteiger partial charge in [0.25, 0.3) is 0 Å². The van der Waals surface area contributed by atoms with Crippen LogP contribution in [-0.4, -0.2) is 67.8 Å². The first-order valence-corrected chi connectivity index (χ1v) is 9.89. The van der Waals surface area contributed by atoms with Crippen LogP contribution in [0.1, 0.15) is 37.3 Å². The fourth-order valence-electron chi connectivity index (χ4n) is 4.49. The van der Waals surface area contributed by atoms with Gasteiger partial charge in [0.15, 0.2) is 11.5 Å². The number of hydrogen-bond donors (Lipinski definition) is 1. The molecule has 1 saturated heterocycles. The molecule has 2 aliphatic rings. The number of amides is 1. The van der Waals surface area contributed by atoms with Crippen LogP contribution in [-0.2, 0) is 17.8 Å². The molecule has 6 heteroatoms. The summed E-state index contributed by atoms with van der Waals surface area (Å²) < 4.78 is 10.8. The monoisotopic (exact) mass is 376 g/mol. The minimum atomic E-state index is -0.0204. The van der Waals surface area contributed by atoms with E-state index in [1.165, 1.54) is 5.56 Å². The van der Waals surface area contributed by atoms with Gasteiger partial charge in [-0.15, -0.1) is 0 Å². The number of carbonyl (C=O) groups is 1. The summed E-state index contributed by atoms with van der Waals surface area (Å²) in [5.74, 6) is 1.61. The highest BCUT2D eigenvalue weighted by atomic mass is 16.5. The van der Waals surface area contributed by atoms with Crippen molar-refractivity contribution < 1.29 is 19.4 Å². The Morgan fingerprint density at radius 1 is 1.19 bits per heavy atom. The van der Waals surface area contributed by atoms with E-state index >= 15 is 0 Å². The second-order valence-corrected chi connectivity index (χ2v) is 7.91. The number of nitrogens with zero attached hydrogens (tertiary/aromatic N) is 2. The molecule has 2 aliphatic heterocycles. The van der Waals surface area contributed by atoms with E-state index in [0.29, 0.717) is 18.8 Å². The van der Waals surface area contributed by atoms with Crippen molar-refractivity contribution in [2.75, 3.05) is 47.0 Å². The van der Waals surface area contributed by atoms with E-state index in [1.54, 1.807) is 14.2 Å². The number of rotatable bonds is 7. The molecule has 1 unspecified atom stereocenters. The summed E-state index contributed by atoms with van der Waals surface area (Å²) in [4.78, 5) is 17.0. The van der Waals surface area contributed by atoms with Crippen LogP contribution >= 0.6 is 0 Å². The smallest absolute Gasteiger partial charge is 0.237 e. The van der Waals surface area contributed by atoms with Crippen molar-refractivity contribution >= 4 is 5.91 Å². The molecule has 0 radical (unpaired) electrons. The number of methoxy groups -OCH3 is 2. The predicted molar refractivity (Wildman–Crippen MR) is 104 cm³/mol. The third-order valence-corrected chi connectivity index (χ3v) is 6.06. The Morgan fingerprint density at radius 2 is 1.89 bits per heavy atom. The lowest BCUT2D eigenvalue weighted by Gasteiger charge is -2.31. The molecule has 0 spiro atoms. The Morgan fingerprint density at radius 3 is 2.52 bits per heavy atom. The van der Waals surface area contributed by atoms with Crippen molar-refractivity contribution in [3.63, 3.8) is 0 Å². The van der Waals surface area contributed by atoms with E-state index in [2.05, 4.69) is 11.8 Å². The fourth-order valence-corrected chi connectivity index (χ4v) is 4.49. The van der Waals surface area contributed by atoms with Gasteiger partial charge in [-0.1, -0.05) is 13.3 Å². The second-order valence-electron chi connectivity index (χ2n) is 7.91. The maximum atomic E-state index is 12.9. The molecule has 3 rings (SSSR count). The van der Waals surface area contributed by atoms with Crippen LogP contribution in [0, 0.1) is 5.41 Å². The maximum absolute atomic E-state index is 12.9. The highest BCUT2D eigenvalue weighted by molar-refractivity contribution is 5.78. The van der Waals surface area contributed by atoms with Crippen LogP contribution in [0.5, 0.6) is 11.5 Å². The minimum absolute atomic E-state index is 0.0204. The third kappa shape index (κ3) is 4.22. The van der Waals surface area contributed by atoms with Crippen LogP contribution in [0.15, 0.2) is 12.1 Å². The van der Waals surface area contributed by atoms with Gasteiger partial charge in [-0.25, -0.2) is 0 Å². The molecule has 1 fully saturated rings. The first-order valence-electron chi connectivity index (χ1n) is 9.89. The summed E-state index contributed by atoms with van der Waals surface area (Å²) in [6.07, 6.45) is 3.89. The lowest BCUT2D eigenvalue weighted by molar-refractivity contribution is -0.133. The molecule has 1 aromatic rings. The minimum Gasteiger partial charge on any atom is -0.493 e. The van der Waals surface area contributed by atoms with Crippen LogP contribution in [0.4, 0.5) is 0 Å². The first kappa shape index (κ1) is 20.0. The predicted octanol–water partition coefficient (Wildman–Crippen LogP) is 2.07. The molecule has 0 aromatic heterocycles. The summed E-state index contributed by atoms with van der Waals surface area (Å²) >= 11 is 0. The van der Waals surface area contributed by atoms with E-state index in [9.17, 15) is 9.90 Å². The maximum Gasteiger partial charge on any atom is 0.237 e. The van der Waals surface area contributed by atoms with Crippen LogP contribution < -0.4 is 9.47 Å². The van der Waals surface area contributed by atoms with Crippen molar-refractivity contribution in [1.82, 2.24) is 9.80 Å². The van der Waals surface area contributed by atoms with E-state index in [-0.39, 0.29) is 17.9 Å². The molecule has 150 valence electrons. The average molecular weight is 376 g/mol. The zero-order valence-electron chi connectivity index (χ0n) is 16.8. The Kier molecular flexibility index (Phi) is 6.27. The number of benzene rings is 1. The van der Waals surface area contributed by atoms with E-state index in [4.69, 9.17) is 9.47 Å². The summed E-state index contributed by atoms with van der Waals surface area (Å²) in [7, 11) is 3.27. The number of hydrogen-bond acceptors (Lipinski definition) is 5. The molecule has 0 aliphatic carbocycles. The molecular weight excluding hydrogens is 344 g/mol. The summed E-state index contributed by atoms with van der Waals surface area (Å²) in [5.41, 5.74) is 2.33. The molecule has 1 aromatic carbocycles. The Balaban J connectivity index is 1.63. The van der Waals surface area contributed by atoms with Gasteiger partial charge in [-0.3, -0.25) is 9.69 Å². The lowest BCUT2D eigenvalue weighted by atomic mass is 9.83. The van der Waals surface area contributed by atoms with E-state index in [1.807, 2.05) is 17.0 Å². The zero-order valence-corrected chi connectivity index (χ0v) is 16.8. The Labute approximate surface area is 162 Å². The highest BCUT2D eigenvalue weighted by Crippen LogP contribution is 2.35. The molecule has 0 bridgehead atoms.